The maximum absolute atomic E-state index is 13.9. The van der Waals surface area contributed by atoms with Gasteiger partial charge in [0.05, 0.1) is 10.0 Å². The molecule has 0 aliphatic carbocycles. The summed E-state index contributed by atoms with van der Waals surface area (Å²) in [6.07, 6.45) is 0. The Morgan fingerprint density at radius 1 is 1.08 bits per heavy atom. The number of carbonyl (C=O) groups is 1. The van der Waals surface area contributed by atoms with E-state index in [1.807, 2.05) is 0 Å². The van der Waals surface area contributed by atoms with Crippen molar-refractivity contribution in [2.24, 2.45) is 0 Å². The first-order valence-corrected chi connectivity index (χ1v) is 8.06. The van der Waals surface area contributed by atoms with Gasteiger partial charge in [0.15, 0.2) is 5.82 Å². The van der Waals surface area contributed by atoms with Crippen molar-refractivity contribution in [1.82, 2.24) is 9.36 Å². The van der Waals surface area contributed by atoms with E-state index in [1.165, 1.54) is 24.3 Å². The van der Waals surface area contributed by atoms with Gasteiger partial charge in [-0.1, -0.05) is 0 Å². The molecule has 0 radical (unpaired) electrons. The van der Waals surface area contributed by atoms with Crippen molar-refractivity contribution in [2.45, 2.75) is 0 Å². The molecule has 2 aromatic carbocycles. The minimum absolute atomic E-state index is 0.110. The van der Waals surface area contributed by atoms with Gasteiger partial charge in [-0.05, 0) is 52.3 Å². The van der Waals surface area contributed by atoms with Crippen molar-refractivity contribution >= 4 is 38.5 Å². The van der Waals surface area contributed by atoms with Crippen molar-refractivity contribution < 1.29 is 18.0 Å². The third kappa shape index (κ3) is 3.46. The van der Waals surface area contributed by atoms with Crippen LogP contribution in [0.25, 0.3) is 11.4 Å². The molecule has 122 valence electrons. The summed E-state index contributed by atoms with van der Waals surface area (Å²) in [7, 11) is 0. The molecule has 0 atom stereocenters. The monoisotopic (exact) mass is 413 g/mol. The highest BCUT2D eigenvalue weighted by atomic mass is 79.9. The molecule has 1 heterocycles. The van der Waals surface area contributed by atoms with E-state index in [0.29, 0.717) is 5.56 Å². The van der Waals surface area contributed by atoms with Gasteiger partial charge < -0.3 is 0 Å². The molecule has 3 aromatic rings. The number of nitrogens with one attached hydrogen (secondary N) is 1. The lowest BCUT2D eigenvalue weighted by Crippen LogP contribution is -2.14. The molecule has 0 fully saturated rings. The molecule has 0 unspecified atom stereocenters. The number of carbonyl (C=O) groups excluding carboxylic acids is 1. The number of amides is 1. The van der Waals surface area contributed by atoms with Gasteiger partial charge in [0.2, 0.25) is 5.13 Å². The lowest BCUT2D eigenvalue weighted by Gasteiger charge is -2.04. The average molecular weight is 414 g/mol. The summed E-state index contributed by atoms with van der Waals surface area (Å²) in [6, 6.07) is 7.21. The van der Waals surface area contributed by atoms with E-state index in [9.17, 15) is 18.0 Å². The summed E-state index contributed by atoms with van der Waals surface area (Å²) in [5.74, 6) is -2.59. The molecule has 0 saturated heterocycles. The molecule has 3 rings (SSSR count). The van der Waals surface area contributed by atoms with Crippen molar-refractivity contribution in [1.29, 1.82) is 0 Å². The number of benzene rings is 2. The maximum Gasteiger partial charge on any atom is 0.260 e. The van der Waals surface area contributed by atoms with Gasteiger partial charge in [0, 0.05) is 17.1 Å². The second-order valence-electron chi connectivity index (χ2n) is 4.63. The minimum Gasteiger partial charge on any atom is -0.296 e. The van der Waals surface area contributed by atoms with E-state index in [0.717, 1.165) is 23.7 Å². The molecule has 0 aliphatic rings. The van der Waals surface area contributed by atoms with Crippen LogP contribution in [0.15, 0.2) is 40.9 Å². The van der Waals surface area contributed by atoms with E-state index in [2.05, 4.69) is 30.6 Å². The Hall–Kier alpha value is -2.26. The number of nitrogens with zero attached hydrogens (tertiary/aromatic N) is 2. The largest absolute Gasteiger partial charge is 0.296 e. The summed E-state index contributed by atoms with van der Waals surface area (Å²) in [5, 5.41) is 2.47. The normalized spacial score (nSPS) is 10.7. The number of halogens is 4. The average Bonchev–Trinajstić information content (AvgIpc) is 3.00. The highest BCUT2D eigenvalue weighted by molar-refractivity contribution is 9.10. The standard InChI is InChI=1S/C15H7BrF3N3OS/c16-11-6-9(18)5-10(12(11)19)14(23)21-15-20-13(22-24-15)7-1-3-8(17)4-2-7/h1-6H,(H,20,21,22,23). The van der Waals surface area contributed by atoms with Crippen molar-refractivity contribution in [3.8, 4) is 11.4 Å². The molecule has 1 N–H and O–H groups in total. The van der Waals surface area contributed by atoms with E-state index in [4.69, 9.17) is 0 Å². The highest BCUT2D eigenvalue weighted by Crippen LogP contribution is 2.24. The summed E-state index contributed by atoms with van der Waals surface area (Å²) in [6.45, 7) is 0. The first-order valence-electron chi connectivity index (χ1n) is 6.49. The third-order valence-electron chi connectivity index (χ3n) is 2.99. The lowest BCUT2D eigenvalue weighted by atomic mass is 10.2. The van der Waals surface area contributed by atoms with Crippen LogP contribution >= 0.6 is 27.5 Å². The smallest absolute Gasteiger partial charge is 0.260 e. The summed E-state index contributed by atoms with van der Waals surface area (Å²) < 4.78 is 44.0. The predicted octanol–water partition coefficient (Wildman–Crippen LogP) is 4.64. The molecule has 0 spiro atoms. The van der Waals surface area contributed by atoms with E-state index < -0.39 is 28.9 Å². The Kier molecular flexibility index (Phi) is 4.63. The second-order valence-corrected chi connectivity index (χ2v) is 6.24. The minimum atomic E-state index is -0.878. The van der Waals surface area contributed by atoms with Gasteiger partial charge >= 0.3 is 0 Å². The fraction of sp³-hybridized carbons (Fsp3) is 0. The van der Waals surface area contributed by atoms with E-state index in [-0.39, 0.29) is 15.4 Å². The molecule has 9 heteroatoms. The summed E-state index contributed by atoms with van der Waals surface area (Å²) in [4.78, 5) is 16.2. The fourth-order valence-electron chi connectivity index (χ4n) is 1.88. The zero-order valence-corrected chi connectivity index (χ0v) is 14.1. The first-order chi connectivity index (χ1) is 11.4. The van der Waals surface area contributed by atoms with E-state index in [1.54, 1.807) is 0 Å². The van der Waals surface area contributed by atoms with Gasteiger partial charge in [0.1, 0.15) is 17.5 Å². The zero-order valence-electron chi connectivity index (χ0n) is 11.7. The molecule has 1 aromatic heterocycles. The zero-order chi connectivity index (χ0) is 17.3. The van der Waals surface area contributed by atoms with Crippen LogP contribution < -0.4 is 5.32 Å². The van der Waals surface area contributed by atoms with Crippen LogP contribution in [0.3, 0.4) is 0 Å². The quantitative estimate of drug-likeness (QED) is 0.636. The van der Waals surface area contributed by atoms with Crippen LogP contribution in [0, 0.1) is 17.5 Å². The molecule has 24 heavy (non-hydrogen) atoms. The summed E-state index contributed by atoms with van der Waals surface area (Å²) >= 11 is 3.71. The first kappa shape index (κ1) is 16.6. The Morgan fingerprint density at radius 3 is 2.50 bits per heavy atom. The van der Waals surface area contributed by atoms with Gasteiger partial charge in [0.25, 0.3) is 5.91 Å². The van der Waals surface area contributed by atoms with Crippen LogP contribution in [0.4, 0.5) is 18.3 Å². The molecule has 0 aliphatic heterocycles. The number of hydrogen-bond donors (Lipinski definition) is 1. The van der Waals surface area contributed by atoms with Crippen LogP contribution in [-0.2, 0) is 0 Å². The lowest BCUT2D eigenvalue weighted by molar-refractivity contribution is 0.102. The Morgan fingerprint density at radius 2 is 1.79 bits per heavy atom. The number of hydrogen-bond acceptors (Lipinski definition) is 4. The fourth-order valence-corrected chi connectivity index (χ4v) is 2.89. The molecule has 0 saturated carbocycles. The van der Waals surface area contributed by atoms with Crippen LogP contribution in [0.2, 0.25) is 0 Å². The number of rotatable bonds is 3. The predicted molar refractivity (Wildman–Crippen MR) is 87.3 cm³/mol. The van der Waals surface area contributed by atoms with Crippen LogP contribution in [0.1, 0.15) is 10.4 Å². The van der Waals surface area contributed by atoms with Crippen molar-refractivity contribution in [3.05, 3.63) is 63.9 Å². The Balaban J connectivity index is 1.82. The van der Waals surface area contributed by atoms with Crippen LogP contribution in [-0.4, -0.2) is 15.3 Å². The molecule has 4 nitrogen and oxygen atoms in total. The molecular formula is C15H7BrF3N3OS. The van der Waals surface area contributed by atoms with E-state index >= 15 is 0 Å². The molecule has 1 amide bonds. The van der Waals surface area contributed by atoms with Crippen molar-refractivity contribution in [3.63, 3.8) is 0 Å². The molecule has 0 bridgehead atoms. The Bertz CT molecular complexity index is 915. The number of aromatic nitrogens is 2. The van der Waals surface area contributed by atoms with Crippen molar-refractivity contribution in [2.75, 3.05) is 5.32 Å². The second kappa shape index (κ2) is 6.70. The Labute approximate surface area is 146 Å². The maximum atomic E-state index is 13.9. The number of anilines is 1. The highest BCUT2D eigenvalue weighted by Gasteiger charge is 2.18. The van der Waals surface area contributed by atoms with Gasteiger partial charge in [-0.25, -0.2) is 13.2 Å². The van der Waals surface area contributed by atoms with Gasteiger partial charge in [-0.3, -0.25) is 10.1 Å². The molecular weight excluding hydrogens is 407 g/mol. The topological polar surface area (TPSA) is 54.9 Å². The van der Waals surface area contributed by atoms with Gasteiger partial charge in [-0.2, -0.15) is 9.36 Å². The van der Waals surface area contributed by atoms with Crippen LogP contribution in [0.5, 0.6) is 0 Å². The third-order valence-corrected chi connectivity index (χ3v) is 4.19. The summed E-state index contributed by atoms with van der Waals surface area (Å²) in [5.41, 5.74) is 0.105. The van der Waals surface area contributed by atoms with Gasteiger partial charge in [-0.15, -0.1) is 0 Å². The SMILES string of the molecule is O=C(Nc1nc(-c2ccc(F)cc2)ns1)c1cc(F)cc(Br)c1F.